The summed E-state index contributed by atoms with van der Waals surface area (Å²) < 4.78 is 0. The summed E-state index contributed by atoms with van der Waals surface area (Å²) in [4.78, 5) is 4.01. The van der Waals surface area contributed by atoms with E-state index in [1.165, 1.54) is 11.1 Å². The van der Waals surface area contributed by atoms with Crippen LogP contribution in [0.4, 0.5) is 0 Å². The molecule has 0 radical (unpaired) electrons. The van der Waals surface area contributed by atoms with Crippen molar-refractivity contribution in [3.63, 3.8) is 0 Å². The fourth-order valence-corrected chi connectivity index (χ4v) is 2.29. The van der Waals surface area contributed by atoms with Crippen LogP contribution in [0.25, 0.3) is 0 Å². The van der Waals surface area contributed by atoms with Gasteiger partial charge in [-0.25, -0.2) is 0 Å². The van der Waals surface area contributed by atoms with Gasteiger partial charge in [0.2, 0.25) is 0 Å². The number of hydrogen-bond donors (Lipinski definition) is 1. The van der Waals surface area contributed by atoms with E-state index < -0.39 is 0 Å². The molecule has 1 aromatic heterocycles. The molecule has 0 aliphatic rings. The molecule has 0 fully saturated rings. The van der Waals surface area contributed by atoms with E-state index in [1.807, 2.05) is 42.7 Å². The van der Waals surface area contributed by atoms with E-state index in [0.29, 0.717) is 16.1 Å². The zero-order valence-corrected chi connectivity index (χ0v) is 13.0. The third-order valence-corrected chi connectivity index (χ3v) is 3.99. The van der Waals surface area contributed by atoms with Crippen LogP contribution in [0.15, 0.2) is 42.7 Å². The largest absolute Gasteiger partial charge is 0.310 e. The van der Waals surface area contributed by atoms with Crippen molar-refractivity contribution in [1.29, 1.82) is 0 Å². The highest BCUT2D eigenvalue weighted by Crippen LogP contribution is 2.23. The first kappa shape index (κ1) is 15.3. The standard InChI is InChI=1S/C16H18Cl2N2/c1-12(20-11-14-6-8-19-9-7-14)2-3-13-4-5-15(17)16(18)10-13/h4-10,12,20H,2-3,11H2,1H3. The lowest BCUT2D eigenvalue weighted by Gasteiger charge is -2.14. The zero-order chi connectivity index (χ0) is 14.4. The SMILES string of the molecule is CC(CCc1ccc(Cl)c(Cl)c1)NCc1ccncc1. The van der Waals surface area contributed by atoms with Crippen LogP contribution in [0.5, 0.6) is 0 Å². The lowest BCUT2D eigenvalue weighted by molar-refractivity contribution is 0.514. The van der Waals surface area contributed by atoms with E-state index in [4.69, 9.17) is 23.2 Å². The molecule has 2 nitrogen and oxygen atoms in total. The molecule has 1 aromatic carbocycles. The van der Waals surface area contributed by atoms with Gasteiger partial charge in [-0.05, 0) is 55.2 Å². The van der Waals surface area contributed by atoms with Crippen LogP contribution in [0.3, 0.4) is 0 Å². The average molecular weight is 309 g/mol. The molecule has 0 spiro atoms. The summed E-state index contributed by atoms with van der Waals surface area (Å²) in [5.41, 5.74) is 2.47. The summed E-state index contributed by atoms with van der Waals surface area (Å²) in [6.07, 6.45) is 5.68. The topological polar surface area (TPSA) is 24.9 Å². The van der Waals surface area contributed by atoms with Crippen molar-refractivity contribution < 1.29 is 0 Å². The van der Waals surface area contributed by atoms with Crippen LogP contribution in [0.1, 0.15) is 24.5 Å². The fraction of sp³-hybridized carbons (Fsp3) is 0.312. The Kier molecular flexibility index (Phi) is 5.84. The molecule has 4 heteroatoms. The molecule has 20 heavy (non-hydrogen) atoms. The number of halogens is 2. The van der Waals surface area contributed by atoms with E-state index in [2.05, 4.69) is 17.2 Å². The van der Waals surface area contributed by atoms with Gasteiger partial charge in [0.1, 0.15) is 0 Å². The van der Waals surface area contributed by atoms with E-state index in [1.54, 1.807) is 0 Å². The van der Waals surface area contributed by atoms with Gasteiger partial charge in [0, 0.05) is 25.0 Å². The maximum absolute atomic E-state index is 6.02. The van der Waals surface area contributed by atoms with Gasteiger partial charge in [0.25, 0.3) is 0 Å². The number of pyridine rings is 1. The molecule has 0 aliphatic heterocycles. The molecule has 1 N–H and O–H groups in total. The molecule has 0 amide bonds. The summed E-state index contributed by atoms with van der Waals surface area (Å²) in [6.45, 7) is 3.06. The molecule has 2 rings (SSSR count). The normalized spacial score (nSPS) is 12.3. The lowest BCUT2D eigenvalue weighted by atomic mass is 10.1. The molecule has 2 aromatic rings. The molecule has 106 valence electrons. The minimum Gasteiger partial charge on any atom is -0.310 e. The van der Waals surface area contributed by atoms with Crippen LogP contribution >= 0.6 is 23.2 Å². The van der Waals surface area contributed by atoms with Crippen LogP contribution in [-0.2, 0) is 13.0 Å². The minimum absolute atomic E-state index is 0.442. The van der Waals surface area contributed by atoms with Crippen molar-refractivity contribution >= 4 is 23.2 Å². The molecule has 1 heterocycles. The van der Waals surface area contributed by atoms with Crippen molar-refractivity contribution in [2.75, 3.05) is 0 Å². The molecule has 1 unspecified atom stereocenters. The number of nitrogens with zero attached hydrogens (tertiary/aromatic N) is 1. The predicted molar refractivity (Wildman–Crippen MR) is 85.3 cm³/mol. The first-order chi connectivity index (χ1) is 9.65. The first-order valence-electron chi connectivity index (χ1n) is 6.71. The summed E-state index contributed by atoms with van der Waals surface area (Å²) in [7, 11) is 0. The summed E-state index contributed by atoms with van der Waals surface area (Å²) in [5, 5.41) is 4.75. The first-order valence-corrected chi connectivity index (χ1v) is 7.47. The average Bonchev–Trinajstić information content (AvgIpc) is 2.47. The molecular weight excluding hydrogens is 291 g/mol. The second-order valence-electron chi connectivity index (χ2n) is 4.92. The summed E-state index contributed by atoms with van der Waals surface area (Å²) >= 11 is 11.9. The molecular formula is C16H18Cl2N2. The molecule has 0 saturated heterocycles. The smallest absolute Gasteiger partial charge is 0.0595 e. The highest BCUT2D eigenvalue weighted by Gasteiger charge is 2.04. The Hall–Kier alpha value is -1.09. The number of hydrogen-bond acceptors (Lipinski definition) is 2. The number of benzene rings is 1. The van der Waals surface area contributed by atoms with Crippen LogP contribution in [0, 0.1) is 0 Å². The zero-order valence-electron chi connectivity index (χ0n) is 11.4. The van der Waals surface area contributed by atoms with E-state index >= 15 is 0 Å². The number of nitrogens with one attached hydrogen (secondary N) is 1. The fourth-order valence-electron chi connectivity index (χ4n) is 1.97. The van der Waals surface area contributed by atoms with Crippen molar-refractivity contribution in [3.8, 4) is 0 Å². The van der Waals surface area contributed by atoms with E-state index in [0.717, 1.165) is 19.4 Å². The van der Waals surface area contributed by atoms with Gasteiger partial charge in [0.15, 0.2) is 0 Å². The second kappa shape index (κ2) is 7.63. The maximum atomic E-state index is 6.02. The van der Waals surface area contributed by atoms with E-state index in [-0.39, 0.29) is 0 Å². The molecule has 0 aliphatic carbocycles. The number of aryl methyl sites for hydroxylation is 1. The Morgan fingerprint density at radius 2 is 1.80 bits per heavy atom. The second-order valence-corrected chi connectivity index (χ2v) is 5.74. The van der Waals surface area contributed by atoms with Crippen molar-refractivity contribution in [3.05, 3.63) is 63.9 Å². The Balaban J connectivity index is 1.77. The van der Waals surface area contributed by atoms with Crippen molar-refractivity contribution in [2.45, 2.75) is 32.4 Å². The van der Waals surface area contributed by atoms with Crippen LogP contribution in [0.2, 0.25) is 10.0 Å². The third-order valence-electron chi connectivity index (χ3n) is 3.25. The predicted octanol–water partition coefficient (Wildman–Crippen LogP) is 4.50. The van der Waals surface area contributed by atoms with Crippen molar-refractivity contribution in [1.82, 2.24) is 10.3 Å². The van der Waals surface area contributed by atoms with Crippen LogP contribution in [-0.4, -0.2) is 11.0 Å². The van der Waals surface area contributed by atoms with Crippen molar-refractivity contribution in [2.24, 2.45) is 0 Å². The van der Waals surface area contributed by atoms with Gasteiger partial charge in [-0.1, -0.05) is 29.3 Å². The lowest BCUT2D eigenvalue weighted by Crippen LogP contribution is -2.25. The third kappa shape index (κ3) is 4.78. The summed E-state index contributed by atoms with van der Waals surface area (Å²) in [5.74, 6) is 0. The maximum Gasteiger partial charge on any atom is 0.0595 e. The van der Waals surface area contributed by atoms with Gasteiger partial charge in [-0.3, -0.25) is 4.98 Å². The van der Waals surface area contributed by atoms with E-state index in [9.17, 15) is 0 Å². The molecule has 0 saturated carbocycles. The molecule has 1 atom stereocenters. The Morgan fingerprint density at radius 1 is 1.05 bits per heavy atom. The Morgan fingerprint density at radius 3 is 2.50 bits per heavy atom. The monoisotopic (exact) mass is 308 g/mol. The van der Waals surface area contributed by atoms with Gasteiger partial charge < -0.3 is 5.32 Å². The van der Waals surface area contributed by atoms with Crippen LogP contribution < -0.4 is 5.32 Å². The highest BCUT2D eigenvalue weighted by atomic mass is 35.5. The molecule has 0 bridgehead atoms. The van der Waals surface area contributed by atoms with Gasteiger partial charge >= 0.3 is 0 Å². The minimum atomic E-state index is 0.442. The quantitative estimate of drug-likeness (QED) is 0.850. The van der Waals surface area contributed by atoms with Gasteiger partial charge in [-0.15, -0.1) is 0 Å². The van der Waals surface area contributed by atoms with Gasteiger partial charge in [-0.2, -0.15) is 0 Å². The summed E-state index contributed by atoms with van der Waals surface area (Å²) in [6, 6.07) is 10.3. The number of aromatic nitrogens is 1. The van der Waals surface area contributed by atoms with Gasteiger partial charge in [0.05, 0.1) is 10.0 Å². The Bertz CT molecular complexity index is 543. The highest BCUT2D eigenvalue weighted by molar-refractivity contribution is 6.42. The Labute approximate surface area is 130 Å². The number of rotatable bonds is 6.